The molecule has 2 rings (SSSR count). The van der Waals surface area contributed by atoms with E-state index < -0.39 is 5.60 Å². The number of hydrogen-bond donors (Lipinski definition) is 0. The van der Waals surface area contributed by atoms with E-state index in [0.717, 1.165) is 19.3 Å². The van der Waals surface area contributed by atoms with Crippen LogP contribution in [0.4, 0.5) is 0 Å². The number of Topliss-reactive ketones (excluding diaryl/α,β-unsaturated/α-hetero) is 1. The molecular weight excluding hydrogens is 244 g/mol. The Kier molecular flexibility index (Phi) is 4.10. The Bertz CT molecular complexity index is 439. The van der Waals surface area contributed by atoms with Crippen molar-refractivity contribution < 1.29 is 19.0 Å². The van der Waals surface area contributed by atoms with Crippen LogP contribution in [0.2, 0.25) is 0 Å². The molecule has 0 aliphatic carbocycles. The molecule has 1 saturated heterocycles. The van der Waals surface area contributed by atoms with Gasteiger partial charge >= 0.3 is 0 Å². The molecule has 0 saturated carbocycles. The zero-order chi connectivity index (χ0) is 13.9. The lowest BCUT2D eigenvalue weighted by Gasteiger charge is -2.33. The molecule has 1 aliphatic rings. The minimum Gasteiger partial charge on any atom is -0.496 e. The molecule has 104 valence electrons. The van der Waals surface area contributed by atoms with E-state index in [1.54, 1.807) is 32.4 Å². The minimum absolute atomic E-state index is 0.0681. The SMILES string of the molecule is COc1cccc(OC)c1C(=O)C1(C)CCCCO1. The minimum atomic E-state index is -0.778. The highest BCUT2D eigenvalue weighted by atomic mass is 16.5. The number of ether oxygens (including phenoxy) is 3. The summed E-state index contributed by atoms with van der Waals surface area (Å²) in [5.41, 5.74) is -0.308. The Morgan fingerprint density at radius 1 is 1.21 bits per heavy atom. The van der Waals surface area contributed by atoms with E-state index in [-0.39, 0.29) is 5.78 Å². The molecular formula is C15H20O4. The first-order chi connectivity index (χ1) is 9.12. The number of rotatable bonds is 4. The molecule has 4 nitrogen and oxygen atoms in total. The maximum Gasteiger partial charge on any atom is 0.201 e. The molecule has 1 fully saturated rings. The Morgan fingerprint density at radius 3 is 2.32 bits per heavy atom. The molecule has 0 N–H and O–H groups in total. The fourth-order valence-corrected chi connectivity index (χ4v) is 2.45. The molecule has 1 heterocycles. The normalized spacial score (nSPS) is 22.9. The van der Waals surface area contributed by atoms with Crippen molar-refractivity contribution >= 4 is 5.78 Å². The van der Waals surface area contributed by atoms with Crippen LogP contribution in [-0.4, -0.2) is 32.2 Å². The summed E-state index contributed by atoms with van der Waals surface area (Å²) < 4.78 is 16.3. The summed E-state index contributed by atoms with van der Waals surface area (Å²) in [5, 5.41) is 0. The summed E-state index contributed by atoms with van der Waals surface area (Å²) in [6.07, 6.45) is 2.73. The van der Waals surface area contributed by atoms with E-state index in [0.29, 0.717) is 23.7 Å². The van der Waals surface area contributed by atoms with Gasteiger partial charge in [-0.15, -0.1) is 0 Å². The predicted molar refractivity (Wildman–Crippen MR) is 72.1 cm³/mol. The van der Waals surface area contributed by atoms with Crippen LogP contribution >= 0.6 is 0 Å². The number of carbonyl (C=O) groups excluding carboxylic acids is 1. The number of ketones is 1. The lowest BCUT2D eigenvalue weighted by molar-refractivity contribution is -0.0428. The first kappa shape index (κ1) is 13.9. The fraction of sp³-hybridized carbons (Fsp3) is 0.533. The fourth-order valence-electron chi connectivity index (χ4n) is 2.45. The second-order valence-electron chi connectivity index (χ2n) is 4.90. The van der Waals surface area contributed by atoms with Gasteiger partial charge in [-0.1, -0.05) is 6.07 Å². The summed E-state index contributed by atoms with van der Waals surface area (Å²) in [7, 11) is 3.10. The van der Waals surface area contributed by atoms with Crippen LogP contribution < -0.4 is 9.47 Å². The van der Waals surface area contributed by atoms with E-state index in [4.69, 9.17) is 14.2 Å². The zero-order valence-electron chi connectivity index (χ0n) is 11.7. The van der Waals surface area contributed by atoms with Gasteiger partial charge in [0, 0.05) is 6.61 Å². The average molecular weight is 264 g/mol. The predicted octanol–water partition coefficient (Wildman–Crippen LogP) is 2.85. The monoisotopic (exact) mass is 264 g/mol. The van der Waals surface area contributed by atoms with Crippen molar-refractivity contribution in [1.29, 1.82) is 0 Å². The Balaban J connectivity index is 2.42. The molecule has 1 unspecified atom stereocenters. The summed E-state index contributed by atoms with van der Waals surface area (Å²) in [6.45, 7) is 2.47. The molecule has 0 amide bonds. The first-order valence-corrected chi connectivity index (χ1v) is 6.52. The highest BCUT2D eigenvalue weighted by Crippen LogP contribution is 2.36. The second kappa shape index (κ2) is 5.61. The standard InChI is InChI=1S/C15H20O4/c1-15(9-4-5-10-19-15)14(16)13-11(17-2)7-6-8-12(13)18-3/h6-8H,4-5,9-10H2,1-3H3. The Hall–Kier alpha value is -1.55. The van der Waals surface area contributed by atoms with Crippen molar-refractivity contribution in [1.82, 2.24) is 0 Å². The van der Waals surface area contributed by atoms with Crippen LogP contribution in [0.5, 0.6) is 11.5 Å². The van der Waals surface area contributed by atoms with Crippen molar-refractivity contribution in [2.45, 2.75) is 31.8 Å². The van der Waals surface area contributed by atoms with Gasteiger partial charge in [0.15, 0.2) is 0 Å². The van der Waals surface area contributed by atoms with Crippen LogP contribution in [0.25, 0.3) is 0 Å². The number of benzene rings is 1. The number of carbonyl (C=O) groups is 1. The second-order valence-corrected chi connectivity index (χ2v) is 4.90. The maximum atomic E-state index is 12.8. The quantitative estimate of drug-likeness (QED) is 0.784. The van der Waals surface area contributed by atoms with Gasteiger partial charge in [0.05, 0.1) is 14.2 Å². The topological polar surface area (TPSA) is 44.8 Å². The molecule has 1 atom stereocenters. The third-order valence-corrected chi connectivity index (χ3v) is 3.60. The average Bonchev–Trinajstić information content (AvgIpc) is 2.46. The molecule has 1 aromatic carbocycles. The maximum absolute atomic E-state index is 12.8. The summed E-state index contributed by atoms with van der Waals surface area (Å²) >= 11 is 0. The van der Waals surface area contributed by atoms with Gasteiger partial charge in [0.2, 0.25) is 5.78 Å². The van der Waals surface area contributed by atoms with Gasteiger partial charge in [0.1, 0.15) is 22.7 Å². The smallest absolute Gasteiger partial charge is 0.201 e. The van der Waals surface area contributed by atoms with Crippen LogP contribution in [0, 0.1) is 0 Å². The van der Waals surface area contributed by atoms with Crippen molar-refractivity contribution in [2.75, 3.05) is 20.8 Å². The molecule has 0 aromatic heterocycles. The number of hydrogen-bond acceptors (Lipinski definition) is 4. The van der Waals surface area contributed by atoms with Gasteiger partial charge in [-0.2, -0.15) is 0 Å². The molecule has 4 heteroatoms. The van der Waals surface area contributed by atoms with Gasteiger partial charge < -0.3 is 14.2 Å². The molecule has 1 aliphatic heterocycles. The number of methoxy groups -OCH3 is 2. The van der Waals surface area contributed by atoms with E-state index in [1.807, 2.05) is 6.92 Å². The molecule has 0 bridgehead atoms. The van der Waals surface area contributed by atoms with Gasteiger partial charge in [0.25, 0.3) is 0 Å². The molecule has 0 spiro atoms. The highest BCUT2D eigenvalue weighted by Gasteiger charge is 2.39. The van der Waals surface area contributed by atoms with E-state index in [1.165, 1.54) is 0 Å². The lowest BCUT2D eigenvalue weighted by Crippen LogP contribution is -2.41. The third-order valence-electron chi connectivity index (χ3n) is 3.60. The largest absolute Gasteiger partial charge is 0.496 e. The van der Waals surface area contributed by atoms with Crippen LogP contribution in [-0.2, 0) is 4.74 Å². The lowest BCUT2D eigenvalue weighted by atomic mass is 9.87. The Morgan fingerprint density at radius 2 is 1.84 bits per heavy atom. The van der Waals surface area contributed by atoms with Crippen LogP contribution in [0.15, 0.2) is 18.2 Å². The van der Waals surface area contributed by atoms with Crippen molar-refractivity contribution in [3.63, 3.8) is 0 Å². The summed E-state index contributed by atoms with van der Waals surface area (Å²) in [6, 6.07) is 5.34. The van der Waals surface area contributed by atoms with E-state index in [2.05, 4.69) is 0 Å². The summed E-state index contributed by atoms with van der Waals surface area (Å²) in [5.74, 6) is 0.987. The van der Waals surface area contributed by atoms with Gasteiger partial charge in [-0.25, -0.2) is 0 Å². The van der Waals surface area contributed by atoms with Gasteiger partial charge in [-0.3, -0.25) is 4.79 Å². The van der Waals surface area contributed by atoms with Crippen molar-refractivity contribution in [3.05, 3.63) is 23.8 Å². The Labute approximate surface area is 113 Å². The van der Waals surface area contributed by atoms with E-state index >= 15 is 0 Å². The van der Waals surface area contributed by atoms with Crippen molar-refractivity contribution in [2.24, 2.45) is 0 Å². The van der Waals surface area contributed by atoms with Crippen LogP contribution in [0.3, 0.4) is 0 Å². The molecule has 19 heavy (non-hydrogen) atoms. The molecule has 0 radical (unpaired) electrons. The van der Waals surface area contributed by atoms with Crippen LogP contribution in [0.1, 0.15) is 36.5 Å². The van der Waals surface area contributed by atoms with Crippen molar-refractivity contribution in [3.8, 4) is 11.5 Å². The summed E-state index contributed by atoms with van der Waals surface area (Å²) in [4.78, 5) is 12.8. The highest BCUT2D eigenvalue weighted by molar-refractivity contribution is 6.06. The zero-order valence-corrected chi connectivity index (χ0v) is 11.7. The van der Waals surface area contributed by atoms with E-state index in [9.17, 15) is 4.79 Å². The van der Waals surface area contributed by atoms with Gasteiger partial charge in [-0.05, 0) is 38.3 Å². The first-order valence-electron chi connectivity index (χ1n) is 6.52. The molecule has 1 aromatic rings. The third kappa shape index (κ3) is 2.59.